The van der Waals surface area contributed by atoms with E-state index < -0.39 is 6.10 Å². The number of benzene rings is 1. The second-order valence-corrected chi connectivity index (χ2v) is 6.95. The summed E-state index contributed by atoms with van der Waals surface area (Å²) in [5, 5.41) is 13.4. The minimum absolute atomic E-state index is 0.164. The van der Waals surface area contributed by atoms with Crippen LogP contribution >= 0.6 is 0 Å². The molecule has 2 rings (SSSR count). The summed E-state index contributed by atoms with van der Waals surface area (Å²) in [6, 6.07) is 8.24. The molecule has 1 fully saturated rings. The lowest BCUT2D eigenvalue weighted by molar-refractivity contribution is 0.0987. The Morgan fingerprint density at radius 2 is 2.00 bits per heavy atom. The van der Waals surface area contributed by atoms with Gasteiger partial charge in [-0.3, -0.25) is 0 Å². The maximum Gasteiger partial charge on any atom is 0.122 e. The Labute approximate surface area is 134 Å². The zero-order valence-corrected chi connectivity index (χ0v) is 13.8. The average molecular weight is 306 g/mol. The first-order chi connectivity index (χ1) is 10.5. The molecule has 4 heteroatoms. The smallest absolute Gasteiger partial charge is 0.122 e. The zero-order valence-electron chi connectivity index (χ0n) is 13.8. The van der Waals surface area contributed by atoms with Gasteiger partial charge < -0.3 is 20.9 Å². The molecule has 124 valence electrons. The second kappa shape index (κ2) is 7.95. The molecule has 1 aliphatic carbocycles. The lowest BCUT2D eigenvalue weighted by Crippen LogP contribution is -2.49. The molecule has 1 aromatic carbocycles. The van der Waals surface area contributed by atoms with Gasteiger partial charge in [0.1, 0.15) is 18.5 Å². The SMILES string of the molecule is CC(C)(CN)NCC(O)COc1ccccc1C1CCCC1. The van der Waals surface area contributed by atoms with E-state index in [1.807, 2.05) is 26.0 Å². The van der Waals surface area contributed by atoms with Crippen LogP contribution in [0.5, 0.6) is 5.75 Å². The van der Waals surface area contributed by atoms with E-state index in [0.717, 1.165) is 5.75 Å². The van der Waals surface area contributed by atoms with Crippen LogP contribution in [0, 0.1) is 0 Å². The van der Waals surface area contributed by atoms with Crippen molar-refractivity contribution < 1.29 is 9.84 Å². The van der Waals surface area contributed by atoms with Crippen molar-refractivity contribution in [1.29, 1.82) is 0 Å². The lowest BCUT2D eigenvalue weighted by Gasteiger charge is -2.26. The van der Waals surface area contributed by atoms with Gasteiger partial charge in [-0.15, -0.1) is 0 Å². The van der Waals surface area contributed by atoms with Crippen molar-refractivity contribution in [3.63, 3.8) is 0 Å². The van der Waals surface area contributed by atoms with Crippen LogP contribution in [0.4, 0.5) is 0 Å². The van der Waals surface area contributed by atoms with Gasteiger partial charge in [-0.25, -0.2) is 0 Å². The van der Waals surface area contributed by atoms with Crippen molar-refractivity contribution in [1.82, 2.24) is 5.32 Å². The van der Waals surface area contributed by atoms with Crippen LogP contribution in [0.1, 0.15) is 51.0 Å². The van der Waals surface area contributed by atoms with Gasteiger partial charge in [0, 0.05) is 18.6 Å². The summed E-state index contributed by atoms with van der Waals surface area (Å²) < 4.78 is 5.89. The monoisotopic (exact) mass is 306 g/mol. The molecule has 0 radical (unpaired) electrons. The molecule has 0 spiro atoms. The molecule has 1 unspecified atom stereocenters. The molecular formula is C18H30N2O2. The fourth-order valence-corrected chi connectivity index (χ4v) is 2.90. The van der Waals surface area contributed by atoms with Crippen molar-refractivity contribution in [2.75, 3.05) is 19.7 Å². The number of hydrogen-bond donors (Lipinski definition) is 3. The molecule has 0 saturated heterocycles. The first-order valence-electron chi connectivity index (χ1n) is 8.37. The Morgan fingerprint density at radius 3 is 2.68 bits per heavy atom. The number of para-hydroxylation sites is 1. The molecule has 0 amide bonds. The Morgan fingerprint density at radius 1 is 1.32 bits per heavy atom. The summed E-state index contributed by atoms with van der Waals surface area (Å²) in [4.78, 5) is 0. The van der Waals surface area contributed by atoms with Gasteiger partial charge in [-0.1, -0.05) is 31.0 Å². The maximum absolute atomic E-state index is 10.1. The van der Waals surface area contributed by atoms with Crippen LogP contribution in [-0.4, -0.2) is 36.4 Å². The van der Waals surface area contributed by atoms with Gasteiger partial charge in [0.25, 0.3) is 0 Å². The highest BCUT2D eigenvalue weighted by atomic mass is 16.5. The number of ether oxygens (including phenoxy) is 1. The molecule has 0 bridgehead atoms. The molecule has 1 aromatic rings. The van der Waals surface area contributed by atoms with Crippen molar-refractivity contribution in [3.8, 4) is 5.75 Å². The number of nitrogens with two attached hydrogens (primary N) is 1. The van der Waals surface area contributed by atoms with Gasteiger partial charge in [0.15, 0.2) is 0 Å². The quantitative estimate of drug-likeness (QED) is 0.690. The minimum Gasteiger partial charge on any atom is -0.491 e. The van der Waals surface area contributed by atoms with Crippen LogP contribution in [0.3, 0.4) is 0 Å². The van der Waals surface area contributed by atoms with E-state index in [1.54, 1.807) is 0 Å². The first kappa shape index (κ1) is 17.3. The summed E-state index contributed by atoms with van der Waals surface area (Å²) in [6.07, 6.45) is 4.56. The summed E-state index contributed by atoms with van der Waals surface area (Å²) >= 11 is 0. The number of aliphatic hydroxyl groups excluding tert-OH is 1. The molecule has 4 N–H and O–H groups in total. The molecule has 0 aromatic heterocycles. The predicted octanol–water partition coefficient (Wildman–Crippen LogP) is 2.41. The highest BCUT2D eigenvalue weighted by molar-refractivity contribution is 5.36. The molecule has 22 heavy (non-hydrogen) atoms. The molecule has 1 atom stereocenters. The van der Waals surface area contributed by atoms with E-state index >= 15 is 0 Å². The largest absolute Gasteiger partial charge is 0.491 e. The van der Waals surface area contributed by atoms with Crippen LogP contribution in [-0.2, 0) is 0 Å². The van der Waals surface area contributed by atoms with Gasteiger partial charge in [0.2, 0.25) is 0 Å². The Bertz CT molecular complexity index is 456. The van der Waals surface area contributed by atoms with E-state index in [0.29, 0.717) is 25.6 Å². The number of nitrogens with one attached hydrogen (secondary N) is 1. The summed E-state index contributed by atoms with van der Waals surface area (Å²) in [5.41, 5.74) is 6.80. The molecule has 1 saturated carbocycles. The fraction of sp³-hybridized carbons (Fsp3) is 0.667. The molecular weight excluding hydrogens is 276 g/mol. The van der Waals surface area contributed by atoms with E-state index in [2.05, 4.69) is 17.4 Å². The molecule has 0 aliphatic heterocycles. The van der Waals surface area contributed by atoms with Gasteiger partial charge >= 0.3 is 0 Å². The normalized spacial score (nSPS) is 17.6. The summed E-state index contributed by atoms with van der Waals surface area (Å²) in [7, 11) is 0. The Balaban J connectivity index is 1.86. The molecule has 1 aliphatic rings. The lowest BCUT2D eigenvalue weighted by atomic mass is 9.97. The molecule has 0 heterocycles. The van der Waals surface area contributed by atoms with Crippen molar-refractivity contribution in [2.24, 2.45) is 5.73 Å². The van der Waals surface area contributed by atoms with Crippen LogP contribution < -0.4 is 15.8 Å². The van der Waals surface area contributed by atoms with Gasteiger partial charge in [0.05, 0.1) is 0 Å². The summed E-state index contributed by atoms with van der Waals surface area (Å²) in [6.45, 7) is 5.37. The highest BCUT2D eigenvalue weighted by Crippen LogP contribution is 2.38. The van der Waals surface area contributed by atoms with E-state index in [-0.39, 0.29) is 5.54 Å². The second-order valence-electron chi connectivity index (χ2n) is 6.95. The van der Waals surface area contributed by atoms with Crippen molar-refractivity contribution in [2.45, 2.75) is 57.1 Å². The fourth-order valence-electron chi connectivity index (χ4n) is 2.90. The van der Waals surface area contributed by atoms with Gasteiger partial charge in [-0.05, 0) is 44.2 Å². The first-order valence-corrected chi connectivity index (χ1v) is 8.37. The van der Waals surface area contributed by atoms with E-state index in [1.165, 1.54) is 31.2 Å². The maximum atomic E-state index is 10.1. The number of aliphatic hydroxyl groups is 1. The number of hydrogen-bond acceptors (Lipinski definition) is 4. The zero-order chi connectivity index (χ0) is 16.0. The van der Waals surface area contributed by atoms with E-state index in [9.17, 15) is 5.11 Å². The third-order valence-electron chi connectivity index (χ3n) is 4.47. The third kappa shape index (κ3) is 4.97. The number of rotatable bonds is 8. The predicted molar refractivity (Wildman–Crippen MR) is 90.3 cm³/mol. The van der Waals surface area contributed by atoms with Crippen molar-refractivity contribution in [3.05, 3.63) is 29.8 Å². The highest BCUT2D eigenvalue weighted by Gasteiger charge is 2.21. The number of β-amino-alcohol motifs (C(OH)–C–C–N with tert-alkyl or cyclic N) is 1. The summed E-state index contributed by atoms with van der Waals surface area (Å²) in [5.74, 6) is 1.54. The third-order valence-corrected chi connectivity index (χ3v) is 4.47. The topological polar surface area (TPSA) is 67.5 Å². The Hall–Kier alpha value is -1.10. The Kier molecular flexibility index (Phi) is 6.24. The van der Waals surface area contributed by atoms with Crippen molar-refractivity contribution >= 4 is 0 Å². The standard InChI is InChI=1S/C18H30N2O2/c1-18(2,13-19)20-11-15(21)12-22-17-10-6-5-9-16(17)14-7-3-4-8-14/h5-6,9-10,14-15,20-21H,3-4,7-8,11-13,19H2,1-2H3. The van der Waals surface area contributed by atoms with E-state index in [4.69, 9.17) is 10.5 Å². The van der Waals surface area contributed by atoms with Gasteiger partial charge in [-0.2, -0.15) is 0 Å². The van der Waals surface area contributed by atoms with Crippen LogP contribution in [0.15, 0.2) is 24.3 Å². The minimum atomic E-state index is -0.539. The average Bonchev–Trinajstić information content (AvgIpc) is 3.05. The van der Waals surface area contributed by atoms with Crippen LogP contribution in [0.25, 0.3) is 0 Å². The molecule has 4 nitrogen and oxygen atoms in total. The van der Waals surface area contributed by atoms with Crippen LogP contribution in [0.2, 0.25) is 0 Å².